The smallest absolute Gasteiger partial charge is 0.258 e. The summed E-state index contributed by atoms with van der Waals surface area (Å²) in [7, 11) is 0. The molecule has 1 saturated heterocycles. The zero-order valence-electron chi connectivity index (χ0n) is 28.3. The summed E-state index contributed by atoms with van der Waals surface area (Å²) >= 11 is 17.7. The first-order chi connectivity index (χ1) is 22.5. The fraction of sp³-hybridized carbons (Fsp3) is 0.543. The van der Waals surface area contributed by atoms with E-state index >= 15 is 0 Å². The van der Waals surface area contributed by atoms with Gasteiger partial charge in [-0.15, -0.1) is 0 Å². The summed E-state index contributed by atoms with van der Waals surface area (Å²) in [6.45, 7) is 11.1. The number of benzene rings is 1. The summed E-state index contributed by atoms with van der Waals surface area (Å²) < 4.78 is 4.23. The maximum Gasteiger partial charge on any atom is 0.258 e. The number of hydrogen-bond acceptors (Lipinski definition) is 7. The number of aliphatic hydroxyl groups excluding tert-OH is 1. The lowest BCUT2D eigenvalue weighted by molar-refractivity contribution is -0.141. The molecule has 1 aromatic heterocycles. The topological polar surface area (TPSA) is 133 Å². The van der Waals surface area contributed by atoms with E-state index in [1.807, 2.05) is 64.1 Å². The van der Waals surface area contributed by atoms with E-state index in [9.17, 15) is 19.5 Å². The van der Waals surface area contributed by atoms with E-state index in [4.69, 9.17) is 39.5 Å². The maximum absolute atomic E-state index is 13.5. The molecule has 2 heterocycles. The van der Waals surface area contributed by atoms with Gasteiger partial charge in [-0.1, -0.05) is 66.9 Å². The first-order valence-electron chi connectivity index (χ1n) is 16.3. The van der Waals surface area contributed by atoms with E-state index in [1.54, 1.807) is 20.0 Å². The Labute approximate surface area is 297 Å². The fourth-order valence-corrected chi connectivity index (χ4v) is 5.85. The summed E-state index contributed by atoms with van der Waals surface area (Å²) in [5.74, 6) is -0.624. The number of amides is 3. The van der Waals surface area contributed by atoms with Gasteiger partial charge in [0, 0.05) is 18.1 Å². The number of pyridine rings is 1. The van der Waals surface area contributed by atoms with Crippen LogP contribution < -0.4 is 16.1 Å². The third-order valence-corrected chi connectivity index (χ3v) is 9.01. The lowest BCUT2D eigenvalue weighted by atomic mass is 9.99. The average molecular weight is 723 g/mol. The van der Waals surface area contributed by atoms with E-state index in [1.165, 1.54) is 5.01 Å². The summed E-state index contributed by atoms with van der Waals surface area (Å²) in [6.07, 6.45) is 7.58. The van der Waals surface area contributed by atoms with Gasteiger partial charge in [0.25, 0.3) is 5.91 Å². The van der Waals surface area contributed by atoms with Crippen LogP contribution in [-0.2, 0) is 19.1 Å². The molecule has 13 heteroatoms. The molecule has 262 valence electrons. The van der Waals surface area contributed by atoms with Crippen LogP contribution in [-0.4, -0.2) is 67.9 Å². The number of aromatic nitrogens is 1. The van der Waals surface area contributed by atoms with Crippen LogP contribution >= 0.6 is 34.8 Å². The predicted molar refractivity (Wildman–Crippen MR) is 190 cm³/mol. The van der Waals surface area contributed by atoms with Gasteiger partial charge in [-0.2, -0.15) is 0 Å². The van der Waals surface area contributed by atoms with Crippen molar-refractivity contribution in [1.82, 2.24) is 26.1 Å². The van der Waals surface area contributed by atoms with Gasteiger partial charge in [0.2, 0.25) is 15.6 Å². The highest BCUT2D eigenvalue weighted by Gasteiger charge is 2.48. The number of nitrogens with zero attached hydrogens (tertiary/aromatic N) is 2. The van der Waals surface area contributed by atoms with Crippen LogP contribution in [0.5, 0.6) is 0 Å². The van der Waals surface area contributed by atoms with Gasteiger partial charge in [0.1, 0.15) is 24.4 Å². The molecule has 4 atom stereocenters. The first kappa shape index (κ1) is 37.9. The minimum atomic E-state index is -1.58. The van der Waals surface area contributed by atoms with Crippen LogP contribution in [0, 0.1) is 11.3 Å². The Bertz CT molecular complexity index is 1560. The van der Waals surface area contributed by atoms with Crippen molar-refractivity contribution in [2.24, 2.45) is 11.3 Å². The molecular formula is C35H46Cl3N5O5. The Hall–Kier alpha value is -2.89. The SMILES string of the molecule is CC(C)=C(OCC(Cl)(Cl)Cl)C1CCCN(C(=O)C(C)NC(=O)C(NC(=O)C2(C=Cc3cc4cc(C(C)O)ccc4cn3)CC2)C(C)C)N1. The zero-order chi connectivity index (χ0) is 35.4. The molecule has 2 aromatic rings. The highest BCUT2D eigenvalue weighted by molar-refractivity contribution is 6.67. The van der Waals surface area contributed by atoms with Gasteiger partial charge < -0.3 is 20.5 Å². The van der Waals surface area contributed by atoms with Gasteiger partial charge in [-0.3, -0.25) is 24.4 Å². The van der Waals surface area contributed by atoms with E-state index in [-0.39, 0.29) is 30.4 Å². The molecule has 4 N–H and O–H groups in total. The minimum Gasteiger partial charge on any atom is -0.492 e. The molecule has 48 heavy (non-hydrogen) atoms. The molecule has 4 unspecified atom stereocenters. The third kappa shape index (κ3) is 9.85. The van der Waals surface area contributed by atoms with Crippen LogP contribution in [0.25, 0.3) is 16.8 Å². The molecule has 1 aliphatic carbocycles. The second-order valence-electron chi connectivity index (χ2n) is 13.4. The van der Waals surface area contributed by atoms with Crippen molar-refractivity contribution in [1.29, 1.82) is 0 Å². The molecule has 0 spiro atoms. The number of aliphatic hydroxyl groups is 1. The molecule has 0 bridgehead atoms. The number of ether oxygens (including phenoxy) is 1. The van der Waals surface area contributed by atoms with Crippen LogP contribution in [0.3, 0.4) is 0 Å². The van der Waals surface area contributed by atoms with E-state index in [2.05, 4.69) is 21.0 Å². The number of carbonyl (C=O) groups excluding carboxylic acids is 3. The number of alkyl halides is 3. The molecule has 0 radical (unpaired) electrons. The van der Waals surface area contributed by atoms with Crippen LogP contribution in [0.1, 0.15) is 84.6 Å². The lowest BCUT2D eigenvalue weighted by Crippen LogP contribution is -2.60. The predicted octanol–water partition coefficient (Wildman–Crippen LogP) is 5.90. The summed E-state index contributed by atoms with van der Waals surface area (Å²) in [5.41, 5.74) is 4.86. The first-order valence-corrected chi connectivity index (χ1v) is 17.5. The Morgan fingerprint density at radius 3 is 2.44 bits per heavy atom. The van der Waals surface area contributed by atoms with Gasteiger partial charge in [-0.05, 0) is 94.0 Å². The number of carbonyl (C=O) groups is 3. The van der Waals surface area contributed by atoms with Crippen molar-refractivity contribution >= 4 is 69.4 Å². The van der Waals surface area contributed by atoms with Crippen LogP contribution in [0.15, 0.2) is 47.9 Å². The lowest BCUT2D eigenvalue weighted by Gasteiger charge is -2.37. The Morgan fingerprint density at radius 2 is 1.83 bits per heavy atom. The number of hydrogen-bond donors (Lipinski definition) is 4. The van der Waals surface area contributed by atoms with Gasteiger partial charge in [0.15, 0.2) is 0 Å². The largest absolute Gasteiger partial charge is 0.492 e. The normalized spacial score (nSPS) is 19.5. The summed E-state index contributed by atoms with van der Waals surface area (Å²) in [6, 6.07) is 5.64. The van der Waals surface area contributed by atoms with E-state index < -0.39 is 33.3 Å². The molecular weight excluding hydrogens is 677 g/mol. The van der Waals surface area contributed by atoms with Crippen LogP contribution in [0.2, 0.25) is 0 Å². The molecule has 4 rings (SSSR count). The van der Waals surface area contributed by atoms with Crippen molar-refractivity contribution in [3.63, 3.8) is 0 Å². The van der Waals surface area contributed by atoms with Crippen LogP contribution in [0.4, 0.5) is 0 Å². The molecule has 3 amide bonds. The van der Waals surface area contributed by atoms with E-state index in [0.717, 1.165) is 21.9 Å². The Kier molecular flexibility index (Phi) is 12.5. The van der Waals surface area contributed by atoms with Gasteiger partial charge >= 0.3 is 0 Å². The molecule has 1 aliphatic heterocycles. The maximum atomic E-state index is 13.5. The van der Waals surface area contributed by atoms with Crippen molar-refractivity contribution in [3.05, 3.63) is 59.1 Å². The number of hydrazine groups is 1. The van der Waals surface area contributed by atoms with Crippen molar-refractivity contribution in [3.8, 4) is 0 Å². The average Bonchev–Trinajstić information content (AvgIpc) is 3.82. The standard InChI is InChI=1S/C35H46Cl3N5O5/c1-20(2)29(31(45)40-22(5)32(46)43-15-7-8-28(42-43)30(21(3)4)48-19-35(36,37)38)41-33(47)34(13-14-34)12-11-27-17-26-16-24(23(6)44)9-10-25(26)18-39-27/h9-12,16-18,20,22-23,28-29,42,44H,7-8,13-15,19H2,1-6H3,(H,40,45)(H,41,47). The van der Waals surface area contributed by atoms with Crippen molar-refractivity contribution in [2.45, 2.75) is 95.2 Å². The quantitative estimate of drug-likeness (QED) is 0.158. The number of nitrogens with one attached hydrogen (secondary N) is 3. The molecule has 1 saturated carbocycles. The molecule has 2 fully saturated rings. The van der Waals surface area contributed by atoms with Crippen molar-refractivity contribution < 1.29 is 24.2 Å². The number of rotatable bonds is 12. The van der Waals surface area contributed by atoms with Gasteiger partial charge in [0.05, 0.1) is 23.3 Å². The number of allylic oxidation sites excluding steroid dienone is 1. The Morgan fingerprint density at radius 1 is 1.12 bits per heavy atom. The molecule has 10 nitrogen and oxygen atoms in total. The fourth-order valence-electron chi connectivity index (χ4n) is 5.68. The highest BCUT2D eigenvalue weighted by Crippen LogP contribution is 2.48. The summed E-state index contributed by atoms with van der Waals surface area (Å²) in [4.78, 5) is 44.9. The van der Waals surface area contributed by atoms with Gasteiger partial charge in [-0.25, -0.2) is 5.43 Å². The Balaban J connectivity index is 1.37. The molecule has 2 aliphatic rings. The highest BCUT2D eigenvalue weighted by atomic mass is 35.6. The monoisotopic (exact) mass is 721 g/mol. The van der Waals surface area contributed by atoms with Crippen molar-refractivity contribution in [2.75, 3.05) is 13.2 Å². The zero-order valence-corrected chi connectivity index (χ0v) is 30.5. The van der Waals surface area contributed by atoms with E-state index in [0.29, 0.717) is 43.7 Å². The minimum absolute atomic E-state index is 0.137. The molecule has 1 aromatic carbocycles. The second-order valence-corrected chi connectivity index (χ2v) is 15.9. The number of halogens is 3. The third-order valence-electron chi connectivity index (χ3n) is 8.68. The second kappa shape index (κ2) is 15.8. The number of fused-ring (bicyclic) bond motifs is 1. The summed E-state index contributed by atoms with van der Waals surface area (Å²) in [5, 5.41) is 19.1.